The minimum Gasteiger partial charge on any atom is -0.377 e. The van der Waals surface area contributed by atoms with Gasteiger partial charge in [0.2, 0.25) is 0 Å². The third kappa shape index (κ3) is 4.40. The van der Waals surface area contributed by atoms with Crippen LogP contribution in [0.4, 0.5) is 0 Å². The van der Waals surface area contributed by atoms with Crippen LogP contribution in [0.2, 0.25) is 0 Å². The summed E-state index contributed by atoms with van der Waals surface area (Å²) in [7, 11) is 0. The van der Waals surface area contributed by atoms with Crippen molar-refractivity contribution in [1.29, 1.82) is 0 Å². The van der Waals surface area contributed by atoms with Gasteiger partial charge in [0.1, 0.15) is 0 Å². The van der Waals surface area contributed by atoms with Crippen LogP contribution >= 0.6 is 0 Å². The first-order valence-corrected chi connectivity index (χ1v) is 6.74. The molecule has 16 heavy (non-hydrogen) atoms. The Labute approximate surface area is 101 Å². The van der Waals surface area contributed by atoms with Crippen LogP contribution in [0, 0.1) is 5.92 Å². The molecule has 1 heterocycles. The molecule has 0 amide bonds. The maximum Gasteiger partial charge on any atom is 0.0673 e. The average molecular weight is 228 g/mol. The Kier molecular flexibility index (Phi) is 6.32. The molecule has 3 atom stereocenters. The van der Waals surface area contributed by atoms with E-state index in [0.29, 0.717) is 12.1 Å². The molecule has 1 fully saturated rings. The predicted octanol–water partition coefficient (Wildman–Crippen LogP) is 1.73. The summed E-state index contributed by atoms with van der Waals surface area (Å²) in [4.78, 5) is 2.54. The Morgan fingerprint density at radius 3 is 2.75 bits per heavy atom. The number of piperazine rings is 1. The molecule has 0 aliphatic carbocycles. The van der Waals surface area contributed by atoms with Crippen LogP contribution < -0.4 is 5.32 Å². The molecule has 1 aliphatic rings. The molecule has 0 aromatic heterocycles. The van der Waals surface area contributed by atoms with Crippen LogP contribution in [0.1, 0.15) is 34.1 Å². The van der Waals surface area contributed by atoms with Gasteiger partial charge in [-0.15, -0.1) is 0 Å². The van der Waals surface area contributed by atoms with E-state index < -0.39 is 0 Å². The van der Waals surface area contributed by atoms with Crippen molar-refractivity contribution in [2.45, 2.75) is 46.3 Å². The summed E-state index contributed by atoms with van der Waals surface area (Å²) in [5, 5.41) is 3.62. The van der Waals surface area contributed by atoms with Crippen LogP contribution in [0.15, 0.2) is 0 Å². The number of ether oxygens (including phenoxy) is 1. The summed E-state index contributed by atoms with van der Waals surface area (Å²) < 4.78 is 5.60. The second-order valence-electron chi connectivity index (χ2n) is 4.97. The van der Waals surface area contributed by atoms with Gasteiger partial charge in [0.25, 0.3) is 0 Å². The summed E-state index contributed by atoms with van der Waals surface area (Å²) >= 11 is 0. The van der Waals surface area contributed by atoms with E-state index in [9.17, 15) is 0 Å². The highest BCUT2D eigenvalue weighted by atomic mass is 16.5. The fourth-order valence-corrected chi connectivity index (χ4v) is 2.37. The van der Waals surface area contributed by atoms with E-state index >= 15 is 0 Å². The maximum atomic E-state index is 5.60. The standard InChI is InChI=1S/C13H28N2O/c1-5-11(3)13-10-15(8-7-14-13)9-12(4)16-6-2/h11-14H,5-10H2,1-4H3. The molecule has 1 rings (SSSR count). The zero-order valence-corrected chi connectivity index (χ0v) is 11.3. The molecule has 0 aromatic carbocycles. The summed E-state index contributed by atoms with van der Waals surface area (Å²) in [6, 6.07) is 0.660. The van der Waals surface area contributed by atoms with Crippen LogP contribution in [0.25, 0.3) is 0 Å². The minimum absolute atomic E-state index is 0.362. The molecule has 96 valence electrons. The molecule has 1 aliphatic heterocycles. The quantitative estimate of drug-likeness (QED) is 0.749. The van der Waals surface area contributed by atoms with Gasteiger partial charge in [-0.3, -0.25) is 4.90 Å². The van der Waals surface area contributed by atoms with E-state index in [0.717, 1.165) is 32.2 Å². The van der Waals surface area contributed by atoms with E-state index in [4.69, 9.17) is 4.74 Å². The van der Waals surface area contributed by atoms with Crippen LogP contribution in [-0.4, -0.2) is 49.8 Å². The summed E-state index contributed by atoms with van der Waals surface area (Å²) in [6.45, 7) is 14.2. The Hall–Kier alpha value is -0.120. The van der Waals surface area contributed by atoms with Crippen LogP contribution in [-0.2, 0) is 4.74 Å². The number of rotatable bonds is 6. The largest absolute Gasteiger partial charge is 0.377 e. The van der Waals surface area contributed by atoms with Gasteiger partial charge in [-0.05, 0) is 19.8 Å². The molecule has 0 saturated carbocycles. The highest BCUT2D eigenvalue weighted by Crippen LogP contribution is 2.12. The van der Waals surface area contributed by atoms with E-state index in [1.807, 2.05) is 0 Å². The van der Waals surface area contributed by atoms with Crippen molar-refractivity contribution >= 4 is 0 Å². The molecule has 1 saturated heterocycles. The van der Waals surface area contributed by atoms with Gasteiger partial charge in [0.05, 0.1) is 6.10 Å². The first kappa shape index (κ1) is 13.9. The van der Waals surface area contributed by atoms with Gasteiger partial charge in [-0.25, -0.2) is 0 Å². The first-order chi connectivity index (χ1) is 7.67. The molecule has 0 radical (unpaired) electrons. The van der Waals surface area contributed by atoms with Crippen molar-refractivity contribution in [3.05, 3.63) is 0 Å². The second kappa shape index (κ2) is 7.25. The third-order valence-electron chi connectivity index (χ3n) is 3.59. The fraction of sp³-hybridized carbons (Fsp3) is 1.00. The first-order valence-electron chi connectivity index (χ1n) is 6.74. The lowest BCUT2D eigenvalue weighted by Gasteiger charge is -2.37. The van der Waals surface area contributed by atoms with Gasteiger partial charge < -0.3 is 10.1 Å². The topological polar surface area (TPSA) is 24.5 Å². The van der Waals surface area contributed by atoms with E-state index in [1.165, 1.54) is 13.0 Å². The van der Waals surface area contributed by atoms with Gasteiger partial charge >= 0.3 is 0 Å². The van der Waals surface area contributed by atoms with Gasteiger partial charge in [-0.1, -0.05) is 20.3 Å². The molecule has 1 N–H and O–H groups in total. The maximum absolute atomic E-state index is 5.60. The number of hydrogen-bond acceptors (Lipinski definition) is 3. The predicted molar refractivity (Wildman–Crippen MR) is 68.8 cm³/mol. The van der Waals surface area contributed by atoms with Crippen molar-refractivity contribution in [3.8, 4) is 0 Å². The Balaban J connectivity index is 2.32. The molecule has 3 unspecified atom stereocenters. The molecule has 3 nitrogen and oxygen atoms in total. The zero-order chi connectivity index (χ0) is 12.0. The van der Waals surface area contributed by atoms with Crippen LogP contribution in [0.5, 0.6) is 0 Å². The Bertz CT molecular complexity index is 187. The van der Waals surface area contributed by atoms with Gasteiger partial charge in [0, 0.05) is 38.8 Å². The SMILES string of the molecule is CCOC(C)CN1CCNC(C(C)CC)C1. The van der Waals surface area contributed by atoms with Crippen molar-refractivity contribution in [2.75, 3.05) is 32.8 Å². The zero-order valence-electron chi connectivity index (χ0n) is 11.3. The van der Waals surface area contributed by atoms with E-state index in [1.54, 1.807) is 0 Å². The molecule has 0 aromatic rings. The van der Waals surface area contributed by atoms with Gasteiger partial charge in [-0.2, -0.15) is 0 Å². The Morgan fingerprint density at radius 2 is 2.12 bits per heavy atom. The number of nitrogens with one attached hydrogen (secondary N) is 1. The highest BCUT2D eigenvalue weighted by molar-refractivity contribution is 4.82. The molecular formula is C13H28N2O. The lowest BCUT2D eigenvalue weighted by Crippen LogP contribution is -2.54. The number of hydrogen-bond donors (Lipinski definition) is 1. The summed E-state index contributed by atoms with van der Waals surface area (Å²) in [5.74, 6) is 0.769. The fourth-order valence-electron chi connectivity index (χ4n) is 2.37. The molecule has 0 spiro atoms. The second-order valence-corrected chi connectivity index (χ2v) is 4.97. The monoisotopic (exact) mass is 228 g/mol. The lowest BCUT2D eigenvalue weighted by atomic mass is 9.97. The van der Waals surface area contributed by atoms with Crippen molar-refractivity contribution in [2.24, 2.45) is 5.92 Å². The van der Waals surface area contributed by atoms with Crippen molar-refractivity contribution in [3.63, 3.8) is 0 Å². The van der Waals surface area contributed by atoms with Crippen molar-refractivity contribution < 1.29 is 4.74 Å². The van der Waals surface area contributed by atoms with Crippen molar-refractivity contribution in [1.82, 2.24) is 10.2 Å². The lowest BCUT2D eigenvalue weighted by molar-refractivity contribution is 0.0347. The van der Waals surface area contributed by atoms with E-state index in [2.05, 4.69) is 37.9 Å². The number of nitrogens with zero attached hydrogens (tertiary/aromatic N) is 1. The minimum atomic E-state index is 0.362. The average Bonchev–Trinajstić information content (AvgIpc) is 2.28. The summed E-state index contributed by atoms with van der Waals surface area (Å²) in [6.07, 6.45) is 1.62. The smallest absolute Gasteiger partial charge is 0.0673 e. The highest BCUT2D eigenvalue weighted by Gasteiger charge is 2.23. The molecule has 3 heteroatoms. The third-order valence-corrected chi connectivity index (χ3v) is 3.59. The van der Waals surface area contributed by atoms with Gasteiger partial charge in [0.15, 0.2) is 0 Å². The Morgan fingerprint density at radius 1 is 1.38 bits per heavy atom. The normalized spacial score (nSPS) is 26.6. The summed E-state index contributed by atoms with van der Waals surface area (Å²) in [5.41, 5.74) is 0. The molecular weight excluding hydrogens is 200 g/mol. The molecule has 0 bridgehead atoms. The van der Waals surface area contributed by atoms with E-state index in [-0.39, 0.29) is 0 Å². The van der Waals surface area contributed by atoms with Crippen LogP contribution in [0.3, 0.4) is 0 Å².